The molecule has 39 heavy (non-hydrogen) atoms. The third-order valence-corrected chi connectivity index (χ3v) is 8.13. The van der Waals surface area contributed by atoms with Gasteiger partial charge >= 0.3 is 0 Å². The topological polar surface area (TPSA) is 112 Å². The molecule has 2 atom stereocenters. The lowest BCUT2D eigenvalue weighted by atomic mass is 9.90. The van der Waals surface area contributed by atoms with E-state index >= 15 is 0 Å². The molecule has 0 amide bonds. The first-order chi connectivity index (χ1) is 18.9. The van der Waals surface area contributed by atoms with Crippen LogP contribution in [-0.4, -0.2) is 54.8 Å². The minimum Gasteiger partial charge on any atom is -0.387 e. The summed E-state index contributed by atoms with van der Waals surface area (Å²) in [6.07, 6.45) is 8.38. The number of pyridine rings is 2. The van der Waals surface area contributed by atoms with Crippen molar-refractivity contribution in [2.45, 2.75) is 43.7 Å². The molecule has 0 radical (unpaired) electrons. The summed E-state index contributed by atoms with van der Waals surface area (Å²) >= 11 is 6.39. The number of nitrogens with zero attached hydrogens (tertiary/aromatic N) is 4. The number of benzene rings is 1. The Hall–Kier alpha value is -3.66. The molecule has 5 aromatic rings. The smallest absolute Gasteiger partial charge is 0.163 e. The number of piperidine rings is 1. The van der Waals surface area contributed by atoms with E-state index in [9.17, 15) is 9.50 Å². The van der Waals surface area contributed by atoms with Crippen molar-refractivity contribution in [3.8, 4) is 22.6 Å². The fraction of sp³-hybridized carbons (Fsp3) is 0.310. The van der Waals surface area contributed by atoms with Crippen LogP contribution in [0.3, 0.4) is 0 Å². The first-order valence-electron chi connectivity index (χ1n) is 13.2. The molecule has 2 aliphatic rings. The predicted molar refractivity (Wildman–Crippen MR) is 150 cm³/mol. The highest BCUT2D eigenvalue weighted by Gasteiger charge is 2.36. The van der Waals surface area contributed by atoms with Crippen LogP contribution in [0.15, 0.2) is 48.9 Å². The second kappa shape index (κ2) is 9.22. The Morgan fingerprint density at radius 3 is 2.79 bits per heavy atom. The zero-order valence-electron chi connectivity index (χ0n) is 21.3. The van der Waals surface area contributed by atoms with Crippen LogP contribution in [0.2, 0.25) is 5.02 Å². The maximum absolute atomic E-state index is 14.0. The number of aliphatic hydroxyl groups is 1. The fourth-order valence-electron chi connectivity index (χ4n) is 5.52. The standard InChI is InChI=1S/C29H27ClFN7O/c1-29(39)14-32-8-7-24(29)37-28-25-20(15-2-3-15)12-33-13-23(25)36-27(38-28)17-6-9-34-26-18(17)11-22(35-26)19-10-16(31)4-5-21(19)30/h4-6,9-13,15,24,32,39H,2-3,7-8,14H2,1H3,(H,34,35)(H,36,37,38). The predicted octanol–water partition coefficient (Wildman–Crippen LogP) is 5.43. The highest BCUT2D eigenvalue weighted by molar-refractivity contribution is 6.33. The van der Waals surface area contributed by atoms with Crippen molar-refractivity contribution in [2.24, 2.45) is 0 Å². The number of hydrogen-bond acceptors (Lipinski definition) is 7. The van der Waals surface area contributed by atoms with Crippen molar-refractivity contribution in [3.63, 3.8) is 0 Å². The Bertz CT molecular complexity index is 1730. The lowest BCUT2D eigenvalue weighted by molar-refractivity contribution is 0.0229. The van der Waals surface area contributed by atoms with Crippen molar-refractivity contribution in [2.75, 3.05) is 18.4 Å². The fourth-order valence-corrected chi connectivity index (χ4v) is 5.74. The molecule has 0 spiro atoms. The summed E-state index contributed by atoms with van der Waals surface area (Å²) in [5, 5.41) is 20.2. The monoisotopic (exact) mass is 543 g/mol. The maximum atomic E-state index is 14.0. The first-order valence-corrected chi connectivity index (χ1v) is 13.5. The summed E-state index contributed by atoms with van der Waals surface area (Å²) in [4.78, 5) is 22.3. The Balaban J connectivity index is 1.40. The van der Waals surface area contributed by atoms with Gasteiger partial charge in [0.15, 0.2) is 5.82 Å². The molecule has 7 rings (SSSR count). The molecular weight excluding hydrogens is 517 g/mol. The van der Waals surface area contributed by atoms with Gasteiger partial charge in [0.2, 0.25) is 0 Å². The van der Waals surface area contributed by atoms with Gasteiger partial charge in [0.05, 0.1) is 28.4 Å². The van der Waals surface area contributed by atoms with Gasteiger partial charge in [-0.2, -0.15) is 0 Å². The largest absolute Gasteiger partial charge is 0.387 e. The summed E-state index contributed by atoms with van der Waals surface area (Å²) in [5.41, 5.74) is 3.53. The Labute approximate surface area is 229 Å². The summed E-state index contributed by atoms with van der Waals surface area (Å²) < 4.78 is 14.0. The van der Waals surface area contributed by atoms with Gasteiger partial charge in [0.25, 0.3) is 0 Å². The molecule has 5 heterocycles. The van der Waals surface area contributed by atoms with Gasteiger partial charge in [-0.3, -0.25) is 4.98 Å². The Morgan fingerprint density at radius 2 is 1.97 bits per heavy atom. The number of H-pyrrole nitrogens is 1. The average Bonchev–Trinajstić information content (AvgIpc) is 3.68. The molecule has 8 nitrogen and oxygen atoms in total. The summed E-state index contributed by atoms with van der Waals surface area (Å²) in [6.45, 7) is 3.15. The summed E-state index contributed by atoms with van der Waals surface area (Å²) in [5.74, 6) is 1.28. The number of hydrogen-bond donors (Lipinski definition) is 4. The maximum Gasteiger partial charge on any atom is 0.163 e. The molecule has 4 aromatic heterocycles. The van der Waals surface area contributed by atoms with Crippen LogP contribution in [-0.2, 0) is 0 Å². The Kier molecular flexibility index (Phi) is 5.77. The number of nitrogens with one attached hydrogen (secondary N) is 3. The Morgan fingerprint density at radius 1 is 1.10 bits per heavy atom. The number of rotatable bonds is 5. The SMILES string of the molecule is CC1(O)CNCCC1Nc1nc(-c2ccnc3[nH]c(-c4cc(F)ccc4Cl)cc23)nc2cncc(C3CC3)c12. The number of aromatic amines is 1. The highest BCUT2D eigenvalue weighted by atomic mass is 35.5. The minimum atomic E-state index is -0.938. The van der Waals surface area contributed by atoms with Crippen LogP contribution in [0.5, 0.6) is 0 Å². The minimum absolute atomic E-state index is 0.184. The number of fused-ring (bicyclic) bond motifs is 2. The number of halogens is 2. The van der Waals surface area contributed by atoms with Crippen molar-refractivity contribution < 1.29 is 9.50 Å². The quantitative estimate of drug-likeness (QED) is 0.234. The molecule has 1 aliphatic heterocycles. The number of aromatic nitrogens is 5. The molecule has 1 saturated heterocycles. The molecule has 4 N–H and O–H groups in total. The van der Waals surface area contributed by atoms with Gasteiger partial charge in [-0.1, -0.05) is 11.6 Å². The molecular formula is C29H27ClFN7O. The van der Waals surface area contributed by atoms with E-state index in [-0.39, 0.29) is 11.9 Å². The van der Waals surface area contributed by atoms with Gasteiger partial charge in [-0.15, -0.1) is 0 Å². The second-order valence-electron chi connectivity index (χ2n) is 10.7. The van der Waals surface area contributed by atoms with Gasteiger partial charge < -0.3 is 20.7 Å². The van der Waals surface area contributed by atoms with E-state index < -0.39 is 5.60 Å². The van der Waals surface area contributed by atoms with Crippen molar-refractivity contribution in [1.82, 2.24) is 30.2 Å². The van der Waals surface area contributed by atoms with E-state index in [4.69, 9.17) is 21.6 Å². The van der Waals surface area contributed by atoms with Crippen LogP contribution in [0, 0.1) is 5.82 Å². The third-order valence-electron chi connectivity index (χ3n) is 7.80. The van der Waals surface area contributed by atoms with Crippen molar-refractivity contribution >= 4 is 39.4 Å². The van der Waals surface area contributed by atoms with Gasteiger partial charge in [-0.25, -0.2) is 19.3 Å². The van der Waals surface area contributed by atoms with Crippen LogP contribution in [0.25, 0.3) is 44.6 Å². The van der Waals surface area contributed by atoms with Gasteiger partial charge in [-0.05, 0) is 74.5 Å². The van der Waals surface area contributed by atoms with Gasteiger partial charge in [0, 0.05) is 46.5 Å². The zero-order valence-corrected chi connectivity index (χ0v) is 22.1. The molecule has 2 fully saturated rings. The normalized spacial score (nSPS) is 21.5. The third kappa shape index (κ3) is 4.40. The first kappa shape index (κ1) is 24.4. The van der Waals surface area contributed by atoms with E-state index in [1.54, 1.807) is 12.4 Å². The summed E-state index contributed by atoms with van der Waals surface area (Å²) in [6, 6.07) is 7.86. The molecule has 198 valence electrons. The summed E-state index contributed by atoms with van der Waals surface area (Å²) in [7, 11) is 0. The van der Waals surface area contributed by atoms with E-state index in [1.165, 1.54) is 18.2 Å². The molecule has 10 heteroatoms. The van der Waals surface area contributed by atoms with Gasteiger partial charge in [0.1, 0.15) is 17.3 Å². The van der Waals surface area contributed by atoms with Crippen LogP contribution < -0.4 is 10.6 Å². The lowest BCUT2D eigenvalue weighted by Gasteiger charge is -2.38. The van der Waals surface area contributed by atoms with Crippen LogP contribution in [0.4, 0.5) is 10.2 Å². The van der Waals surface area contributed by atoms with E-state index in [0.29, 0.717) is 46.0 Å². The van der Waals surface area contributed by atoms with Crippen LogP contribution in [0.1, 0.15) is 37.7 Å². The van der Waals surface area contributed by atoms with Crippen LogP contribution >= 0.6 is 11.6 Å². The van der Waals surface area contributed by atoms with Crippen molar-refractivity contribution in [1.29, 1.82) is 0 Å². The van der Waals surface area contributed by atoms with E-state index in [0.717, 1.165) is 53.2 Å². The van der Waals surface area contributed by atoms with E-state index in [1.807, 2.05) is 25.3 Å². The number of anilines is 1. The van der Waals surface area contributed by atoms with Crippen molar-refractivity contribution in [3.05, 3.63) is 65.3 Å². The molecule has 1 aliphatic carbocycles. The average molecular weight is 544 g/mol. The van der Waals surface area contributed by atoms with E-state index in [2.05, 4.69) is 25.6 Å². The molecule has 0 bridgehead atoms. The number of β-amino-alcohol motifs (C(OH)–C–C–N with tert-alkyl or cyclic N) is 1. The lowest BCUT2D eigenvalue weighted by Crippen LogP contribution is -2.56. The zero-order chi connectivity index (χ0) is 26.7. The molecule has 1 aromatic carbocycles. The molecule has 2 unspecified atom stereocenters. The second-order valence-corrected chi connectivity index (χ2v) is 11.1. The highest BCUT2D eigenvalue weighted by Crippen LogP contribution is 2.45. The molecule has 1 saturated carbocycles.